The van der Waals surface area contributed by atoms with E-state index in [-0.39, 0.29) is 21.7 Å². The number of hydrogen-bond acceptors (Lipinski definition) is 2. The molecule has 0 aliphatic rings. The van der Waals surface area contributed by atoms with Gasteiger partial charge in [0.05, 0.1) is 5.02 Å². The van der Waals surface area contributed by atoms with Crippen molar-refractivity contribution in [2.24, 2.45) is 5.92 Å². The second kappa shape index (κ2) is 6.93. The minimum absolute atomic E-state index is 0.134. The van der Waals surface area contributed by atoms with Crippen LogP contribution in [0.4, 0.5) is 0 Å². The lowest BCUT2D eigenvalue weighted by Gasteiger charge is -2.23. The van der Waals surface area contributed by atoms with Crippen molar-refractivity contribution in [3.05, 3.63) is 28.8 Å². The third-order valence-corrected chi connectivity index (χ3v) is 5.42. The van der Waals surface area contributed by atoms with Gasteiger partial charge < -0.3 is 0 Å². The van der Waals surface area contributed by atoms with Crippen molar-refractivity contribution in [3.8, 4) is 0 Å². The molecule has 1 rings (SSSR count). The molecule has 0 aliphatic heterocycles. The molecule has 0 aliphatic carbocycles. The Labute approximate surface area is 125 Å². The molecule has 19 heavy (non-hydrogen) atoms. The van der Waals surface area contributed by atoms with E-state index in [1.807, 2.05) is 20.8 Å². The number of hydrogen-bond donors (Lipinski definition) is 0. The zero-order valence-corrected chi connectivity index (χ0v) is 13.7. The normalized spacial score (nSPS) is 12.4. The van der Waals surface area contributed by atoms with E-state index in [2.05, 4.69) is 0 Å². The van der Waals surface area contributed by atoms with Crippen LogP contribution in [-0.4, -0.2) is 25.8 Å². The highest BCUT2D eigenvalue weighted by Gasteiger charge is 2.26. The van der Waals surface area contributed by atoms with Gasteiger partial charge in [-0.25, -0.2) is 8.42 Å². The average molecular weight is 324 g/mol. The van der Waals surface area contributed by atoms with Crippen LogP contribution in [0.25, 0.3) is 0 Å². The Morgan fingerprint density at radius 2 is 1.95 bits per heavy atom. The van der Waals surface area contributed by atoms with Crippen molar-refractivity contribution in [3.63, 3.8) is 0 Å². The summed E-state index contributed by atoms with van der Waals surface area (Å²) >= 11 is 11.8. The van der Waals surface area contributed by atoms with Gasteiger partial charge in [0, 0.05) is 19.0 Å². The second-order valence-corrected chi connectivity index (χ2v) is 7.33. The van der Waals surface area contributed by atoms with Gasteiger partial charge in [0.2, 0.25) is 10.0 Å². The minimum Gasteiger partial charge on any atom is -0.207 e. The fourth-order valence-electron chi connectivity index (χ4n) is 1.77. The van der Waals surface area contributed by atoms with Crippen LogP contribution in [-0.2, 0) is 15.9 Å². The number of alkyl halides is 1. The summed E-state index contributed by atoms with van der Waals surface area (Å²) in [6.07, 6.45) is 0. The van der Waals surface area contributed by atoms with Crippen molar-refractivity contribution in [2.45, 2.75) is 31.5 Å². The Morgan fingerprint density at radius 3 is 2.42 bits per heavy atom. The first-order valence-electron chi connectivity index (χ1n) is 6.17. The van der Waals surface area contributed by atoms with Crippen LogP contribution in [0.3, 0.4) is 0 Å². The summed E-state index contributed by atoms with van der Waals surface area (Å²) in [6, 6.07) is 4.86. The van der Waals surface area contributed by atoms with Gasteiger partial charge in [-0.3, -0.25) is 0 Å². The number of sulfonamides is 1. The summed E-state index contributed by atoms with van der Waals surface area (Å²) < 4.78 is 26.6. The van der Waals surface area contributed by atoms with Crippen LogP contribution in [0.2, 0.25) is 5.02 Å². The lowest BCUT2D eigenvalue weighted by molar-refractivity contribution is 0.381. The van der Waals surface area contributed by atoms with Crippen molar-refractivity contribution in [1.82, 2.24) is 4.31 Å². The molecule has 0 N–H and O–H groups in total. The molecule has 0 radical (unpaired) electrons. The van der Waals surface area contributed by atoms with E-state index in [1.54, 1.807) is 18.2 Å². The fraction of sp³-hybridized carbons (Fsp3) is 0.538. The number of benzene rings is 1. The van der Waals surface area contributed by atoms with Crippen LogP contribution in [0.15, 0.2) is 23.1 Å². The summed E-state index contributed by atoms with van der Waals surface area (Å²) in [5.74, 6) is 0.514. The maximum Gasteiger partial charge on any atom is 0.244 e. The Morgan fingerprint density at radius 1 is 1.32 bits per heavy atom. The first-order chi connectivity index (χ1) is 8.82. The molecule has 108 valence electrons. The van der Waals surface area contributed by atoms with E-state index in [0.29, 0.717) is 13.1 Å². The highest BCUT2D eigenvalue weighted by Crippen LogP contribution is 2.26. The first-order valence-corrected chi connectivity index (χ1v) is 8.52. The van der Waals surface area contributed by atoms with Gasteiger partial charge in [0.15, 0.2) is 0 Å². The molecular weight excluding hydrogens is 305 g/mol. The smallest absolute Gasteiger partial charge is 0.207 e. The molecular formula is C13H19Cl2NO2S. The van der Waals surface area contributed by atoms with Gasteiger partial charge in [0.1, 0.15) is 4.90 Å². The summed E-state index contributed by atoms with van der Waals surface area (Å²) in [6.45, 7) is 6.67. The maximum absolute atomic E-state index is 12.6. The summed E-state index contributed by atoms with van der Waals surface area (Å²) in [4.78, 5) is 0.134. The van der Waals surface area contributed by atoms with Crippen LogP contribution in [0.5, 0.6) is 0 Å². The van der Waals surface area contributed by atoms with Gasteiger partial charge in [-0.1, -0.05) is 38.4 Å². The van der Waals surface area contributed by atoms with E-state index in [1.165, 1.54) is 4.31 Å². The summed E-state index contributed by atoms with van der Waals surface area (Å²) in [5, 5.41) is 0.232. The third kappa shape index (κ3) is 4.09. The minimum atomic E-state index is -3.57. The number of nitrogens with zero attached hydrogens (tertiary/aromatic N) is 1. The molecule has 1 aromatic carbocycles. The maximum atomic E-state index is 12.6. The Bertz CT molecular complexity index is 529. The number of halogens is 2. The lowest BCUT2D eigenvalue weighted by atomic mass is 10.2. The van der Waals surface area contributed by atoms with Crippen molar-refractivity contribution in [2.75, 3.05) is 13.1 Å². The van der Waals surface area contributed by atoms with Gasteiger partial charge in [-0.15, -0.1) is 11.6 Å². The van der Waals surface area contributed by atoms with Gasteiger partial charge in [0.25, 0.3) is 0 Å². The predicted molar refractivity (Wildman–Crippen MR) is 80.3 cm³/mol. The second-order valence-electron chi connectivity index (χ2n) is 4.75. The Balaban J connectivity index is 3.24. The molecule has 6 heteroatoms. The van der Waals surface area contributed by atoms with E-state index < -0.39 is 10.0 Å². The molecule has 0 fully saturated rings. The zero-order chi connectivity index (χ0) is 14.6. The van der Waals surface area contributed by atoms with Crippen LogP contribution >= 0.6 is 23.2 Å². The largest absolute Gasteiger partial charge is 0.244 e. The van der Waals surface area contributed by atoms with E-state index in [0.717, 1.165) is 5.56 Å². The molecule has 0 bridgehead atoms. The molecule has 0 unspecified atom stereocenters. The quantitative estimate of drug-likeness (QED) is 0.748. The highest BCUT2D eigenvalue weighted by molar-refractivity contribution is 7.89. The molecule has 3 nitrogen and oxygen atoms in total. The fourth-order valence-corrected chi connectivity index (χ4v) is 4.08. The first kappa shape index (κ1) is 16.8. The topological polar surface area (TPSA) is 37.4 Å². The molecule has 0 heterocycles. The highest BCUT2D eigenvalue weighted by atomic mass is 35.5. The van der Waals surface area contributed by atoms with Crippen LogP contribution < -0.4 is 0 Å². The summed E-state index contributed by atoms with van der Waals surface area (Å²) in [7, 11) is -3.57. The Hall–Kier alpha value is -0.290. The monoisotopic (exact) mass is 323 g/mol. The Kier molecular flexibility index (Phi) is 6.12. The van der Waals surface area contributed by atoms with Gasteiger partial charge in [-0.05, 0) is 23.6 Å². The van der Waals surface area contributed by atoms with Crippen molar-refractivity contribution >= 4 is 33.2 Å². The van der Waals surface area contributed by atoms with E-state index in [4.69, 9.17) is 23.2 Å². The number of rotatable bonds is 6. The van der Waals surface area contributed by atoms with E-state index in [9.17, 15) is 8.42 Å². The molecule has 0 saturated carbocycles. The lowest BCUT2D eigenvalue weighted by Crippen LogP contribution is -2.34. The molecule has 0 amide bonds. The average Bonchev–Trinajstić information content (AvgIpc) is 2.35. The van der Waals surface area contributed by atoms with Crippen molar-refractivity contribution < 1.29 is 8.42 Å². The molecule has 0 aromatic heterocycles. The SMILES string of the molecule is CCN(CC(C)C)S(=O)(=O)c1cc(CCl)ccc1Cl. The predicted octanol–water partition coefficient (Wildman–Crippen LogP) is 3.75. The van der Waals surface area contributed by atoms with E-state index >= 15 is 0 Å². The third-order valence-electron chi connectivity index (χ3n) is 2.69. The van der Waals surface area contributed by atoms with Crippen molar-refractivity contribution in [1.29, 1.82) is 0 Å². The van der Waals surface area contributed by atoms with Gasteiger partial charge in [-0.2, -0.15) is 4.31 Å². The molecule has 0 saturated heterocycles. The van der Waals surface area contributed by atoms with Gasteiger partial charge >= 0.3 is 0 Å². The molecule has 0 spiro atoms. The summed E-state index contributed by atoms with van der Waals surface area (Å²) in [5.41, 5.74) is 0.741. The molecule has 0 atom stereocenters. The van der Waals surface area contributed by atoms with Crippen LogP contribution in [0, 0.1) is 5.92 Å². The zero-order valence-electron chi connectivity index (χ0n) is 11.4. The molecule has 1 aromatic rings. The standard InChI is InChI=1S/C13H19Cl2NO2S/c1-4-16(9-10(2)3)19(17,18)13-7-11(8-14)5-6-12(13)15/h5-7,10H,4,8-9H2,1-3H3. The van der Waals surface area contributed by atoms with Crippen LogP contribution in [0.1, 0.15) is 26.3 Å².